The molecule has 4 heteroatoms. The largest absolute Gasteiger partial charge is 0.374 e. The quantitative estimate of drug-likeness (QED) is 0.468. The molecular weight excluding hydrogens is 196 g/mol. The van der Waals surface area contributed by atoms with E-state index in [4.69, 9.17) is 9.47 Å². The minimum atomic E-state index is 0.274. The Kier molecular flexibility index (Phi) is 6.20. The first kappa shape index (κ1) is 12.3. The van der Waals surface area contributed by atoms with Crippen molar-refractivity contribution in [2.75, 3.05) is 19.8 Å². The second-order valence-corrected chi connectivity index (χ2v) is 3.85. The topological polar surface area (TPSA) is 52.6 Å². The Labute approximate surface area is 89.9 Å². The fourth-order valence-corrected chi connectivity index (χ4v) is 0.977. The third-order valence-corrected chi connectivity index (χ3v) is 2.16. The summed E-state index contributed by atoms with van der Waals surface area (Å²) in [6.45, 7) is 1.35. The normalized spacial score (nSPS) is 18.9. The van der Waals surface area contributed by atoms with Crippen LogP contribution in [0.5, 0.6) is 0 Å². The van der Waals surface area contributed by atoms with Gasteiger partial charge in [0, 0.05) is 6.61 Å². The highest BCUT2D eigenvalue weighted by molar-refractivity contribution is 5.50. The lowest BCUT2D eigenvalue weighted by Crippen LogP contribution is -1.98. The van der Waals surface area contributed by atoms with E-state index in [2.05, 4.69) is 0 Å². The first-order chi connectivity index (χ1) is 7.36. The maximum Gasteiger partial charge on any atom is 0.145 e. The molecule has 0 saturated heterocycles. The molecule has 0 aromatic carbocycles. The van der Waals surface area contributed by atoms with Gasteiger partial charge in [0.1, 0.15) is 25.8 Å². The van der Waals surface area contributed by atoms with Crippen LogP contribution in [0.3, 0.4) is 0 Å². The second-order valence-electron chi connectivity index (χ2n) is 3.85. The van der Waals surface area contributed by atoms with Crippen LogP contribution in [-0.2, 0) is 19.1 Å². The van der Waals surface area contributed by atoms with E-state index in [0.717, 1.165) is 37.9 Å². The minimum absolute atomic E-state index is 0.274. The van der Waals surface area contributed by atoms with Gasteiger partial charge < -0.3 is 19.1 Å². The average Bonchev–Trinajstić information content (AvgIpc) is 3.11. The summed E-state index contributed by atoms with van der Waals surface area (Å²) in [5.41, 5.74) is 0. The summed E-state index contributed by atoms with van der Waals surface area (Å²) < 4.78 is 9.87. The second kappa shape index (κ2) is 7.54. The number of rotatable bonds is 7. The first-order valence-electron chi connectivity index (χ1n) is 5.43. The number of carbonyl (C=O) groups excluding carboxylic acids is 2. The maximum absolute atomic E-state index is 9.68. The summed E-state index contributed by atoms with van der Waals surface area (Å²) in [4.78, 5) is 19.3. The lowest BCUT2D eigenvalue weighted by atomic mass is 10.5. The summed E-state index contributed by atoms with van der Waals surface area (Å²) in [6, 6.07) is 0. The van der Waals surface area contributed by atoms with E-state index in [1.165, 1.54) is 12.8 Å². The monoisotopic (exact) mass is 214 g/mol. The molecule has 15 heavy (non-hydrogen) atoms. The van der Waals surface area contributed by atoms with Crippen molar-refractivity contribution in [2.24, 2.45) is 5.92 Å². The predicted octanol–water partition coefficient (Wildman–Crippen LogP) is 0.976. The van der Waals surface area contributed by atoms with Gasteiger partial charge in [-0.25, -0.2) is 0 Å². The van der Waals surface area contributed by atoms with Crippen LogP contribution in [0.1, 0.15) is 25.7 Å². The van der Waals surface area contributed by atoms with Crippen molar-refractivity contribution in [3.8, 4) is 0 Å². The van der Waals surface area contributed by atoms with Crippen LogP contribution in [0, 0.1) is 5.92 Å². The highest BCUT2D eigenvalue weighted by atomic mass is 16.5. The molecule has 2 saturated carbocycles. The summed E-state index contributed by atoms with van der Waals surface area (Å²) in [6.07, 6.45) is 6.88. The van der Waals surface area contributed by atoms with Crippen molar-refractivity contribution in [1.29, 1.82) is 0 Å². The molecule has 86 valence electrons. The predicted molar refractivity (Wildman–Crippen MR) is 54.6 cm³/mol. The number of ether oxygens (including phenoxy) is 2. The highest BCUT2D eigenvalue weighted by Crippen LogP contribution is 2.28. The van der Waals surface area contributed by atoms with Crippen molar-refractivity contribution in [2.45, 2.75) is 31.8 Å². The summed E-state index contributed by atoms with van der Waals surface area (Å²) >= 11 is 0. The van der Waals surface area contributed by atoms with Crippen molar-refractivity contribution in [3.63, 3.8) is 0 Å². The highest BCUT2D eigenvalue weighted by Gasteiger charge is 2.21. The van der Waals surface area contributed by atoms with E-state index < -0.39 is 0 Å². The SMILES string of the molecule is O=CCOC1CC1.O=CCOCC1CC1. The van der Waals surface area contributed by atoms with Crippen LogP contribution < -0.4 is 0 Å². The standard InChI is InChI=1S/C6H10O2.C5H8O2/c7-3-4-8-5-6-1-2-6;6-3-4-7-5-1-2-5/h3,6H,1-2,4-5H2;3,5H,1-2,4H2. The van der Waals surface area contributed by atoms with Gasteiger partial charge in [0.2, 0.25) is 0 Å². The smallest absolute Gasteiger partial charge is 0.145 e. The van der Waals surface area contributed by atoms with E-state index in [-0.39, 0.29) is 13.2 Å². The van der Waals surface area contributed by atoms with Gasteiger partial charge >= 0.3 is 0 Å². The molecule has 0 amide bonds. The van der Waals surface area contributed by atoms with Crippen molar-refractivity contribution < 1.29 is 19.1 Å². The Hall–Kier alpha value is -0.740. The zero-order chi connectivity index (χ0) is 10.9. The molecule has 0 aromatic rings. The molecule has 0 bridgehead atoms. The van der Waals surface area contributed by atoms with Gasteiger partial charge in [-0.15, -0.1) is 0 Å². The fourth-order valence-electron chi connectivity index (χ4n) is 0.977. The van der Waals surface area contributed by atoms with Crippen LogP contribution in [0.2, 0.25) is 0 Å². The first-order valence-corrected chi connectivity index (χ1v) is 5.43. The van der Waals surface area contributed by atoms with Gasteiger partial charge in [-0.1, -0.05) is 0 Å². The fraction of sp³-hybridized carbons (Fsp3) is 0.818. The van der Waals surface area contributed by atoms with Gasteiger partial charge in [0.15, 0.2) is 0 Å². The number of hydrogen-bond donors (Lipinski definition) is 0. The zero-order valence-electron chi connectivity index (χ0n) is 8.89. The van der Waals surface area contributed by atoms with Gasteiger partial charge in [-0.05, 0) is 31.6 Å². The molecule has 2 fully saturated rings. The van der Waals surface area contributed by atoms with E-state index in [1.807, 2.05) is 0 Å². The molecule has 0 heterocycles. The van der Waals surface area contributed by atoms with Crippen LogP contribution in [-0.4, -0.2) is 38.5 Å². The Balaban J connectivity index is 0.000000151. The van der Waals surface area contributed by atoms with Gasteiger partial charge in [0.05, 0.1) is 6.10 Å². The summed E-state index contributed by atoms with van der Waals surface area (Å²) in [5, 5.41) is 0. The average molecular weight is 214 g/mol. The maximum atomic E-state index is 9.68. The molecule has 0 aliphatic heterocycles. The van der Waals surface area contributed by atoms with Crippen molar-refractivity contribution in [1.82, 2.24) is 0 Å². The number of carbonyl (C=O) groups is 2. The lowest BCUT2D eigenvalue weighted by Gasteiger charge is -1.93. The third-order valence-electron chi connectivity index (χ3n) is 2.16. The molecule has 4 nitrogen and oxygen atoms in total. The van der Waals surface area contributed by atoms with Gasteiger partial charge in [0.25, 0.3) is 0 Å². The van der Waals surface area contributed by atoms with Crippen LogP contribution in [0.25, 0.3) is 0 Å². The minimum Gasteiger partial charge on any atom is -0.374 e. The van der Waals surface area contributed by atoms with Crippen LogP contribution in [0.4, 0.5) is 0 Å². The zero-order valence-corrected chi connectivity index (χ0v) is 8.89. The van der Waals surface area contributed by atoms with Gasteiger partial charge in [-0.2, -0.15) is 0 Å². The molecule has 2 aliphatic rings. The molecule has 0 aromatic heterocycles. The molecular formula is C11H18O4. The Morgan fingerprint density at radius 2 is 1.67 bits per heavy atom. The molecule has 0 N–H and O–H groups in total. The van der Waals surface area contributed by atoms with Crippen LogP contribution >= 0.6 is 0 Å². The Morgan fingerprint density at radius 3 is 2.13 bits per heavy atom. The molecule has 0 unspecified atom stereocenters. The van der Waals surface area contributed by atoms with Gasteiger partial charge in [-0.3, -0.25) is 0 Å². The Morgan fingerprint density at radius 1 is 1.00 bits per heavy atom. The van der Waals surface area contributed by atoms with Crippen molar-refractivity contribution >= 4 is 12.6 Å². The lowest BCUT2D eigenvalue weighted by molar-refractivity contribution is -0.112. The van der Waals surface area contributed by atoms with E-state index in [0.29, 0.717) is 6.10 Å². The summed E-state index contributed by atoms with van der Waals surface area (Å²) in [5.74, 6) is 0.773. The third kappa shape index (κ3) is 8.27. The Bertz CT molecular complexity index is 185. The van der Waals surface area contributed by atoms with Crippen molar-refractivity contribution in [3.05, 3.63) is 0 Å². The van der Waals surface area contributed by atoms with E-state index in [9.17, 15) is 9.59 Å². The van der Waals surface area contributed by atoms with E-state index in [1.54, 1.807) is 0 Å². The molecule has 2 rings (SSSR count). The molecule has 0 radical (unpaired) electrons. The molecule has 2 aliphatic carbocycles. The number of aldehydes is 2. The van der Waals surface area contributed by atoms with Crippen LogP contribution in [0.15, 0.2) is 0 Å². The van der Waals surface area contributed by atoms with E-state index >= 15 is 0 Å². The number of hydrogen-bond acceptors (Lipinski definition) is 4. The molecule has 0 spiro atoms. The summed E-state index contributed by atoms with van der Waals surface area (Å²) in [7, 11) is 0. The molecule has 0 atom stereocenters.